The van der Waals surface area contributed by atoms with Gasteiger partial charge in [0.2, 0.25) is 0 Å². The molecule has 5 nitrogen and oxygen atoms in total. The number of nitrogens with two attached hydrogens (primary N) is 1. The van der Waals surface area contributed by atoms with Gasteiger partial charge in [0.25, 0.3) is 0 Å². The lowest BCUT2D eigenvalue weighted by molar-refractivity contribution is 0.218. The van der Waals surface area contributed by atoms with Gasteiger partial charge in [0.1, 0.15) is 5.82 Å². The third-order valence-electron chi connectivity index (χ3n) is 2.37. The molecule has 1 atom stereocenters. The number of benzene rings is 1. The Balaban J connectivity index is 2.11. The van der Waals surface area contributed by atoms with E-state index in [1.165, 1.54) is 0 Å². The van der Waals surface area contributed by atoms with Crippen molar-refractivity contribution in [2.24, 2.45) is 0 Å². The number of imidazole rings is 1. The van der Waals surface area contributed by atoms with E-state index in [0.29, 0.717) is 23.8 Å². The maximum absolute atomic E-state index is 11.7. The first-order valence-corrected chi connectivity index (χ1v) is 6.76. The minimum atomic E-state index is -0.953. The molecule has 0 aliphatic rings. The number of aromatic nitrogens is 2. The van der Waals surface area contributed by atoms with Crippen LogP contribution in [0, 0.1) is 0 Å². The van der Waals surface area contributed by atoms with Crippen molar-refractivity contribution in [1.82, 2.24) is 9.97 Å². The number of ether oxygens (including phenoxy) is 1. The number of aromatic amines is 1. The van der Waals surface area contributed by atoms with Crippen molar-refractivity contribution in [1.29, 1.82) is 0 Å². The predicted molar refractivity (Wildman–Crippen MR) is 69.1 cm³/mol. The molecular formula is C11H15N3O2S. The Morgan fingerprint density at radius 2 is 2.35 bits per heavy atom. The first-order chi connectivity index (χ1) is 8.19. The van der Waals surface area contributed by atoms with Crippen LogP contribution in [0.5, 0.6) is 0 Å². The number of rotatable bonds is 5. The number of hydrogen-bond donors (Lipinski definition) is 2. The van der Waals surface area contributed by atoms with E-state index in [1.54, 1.807) is 13.2 Å². The van der Waals surface area contributed by atoms with Crippen LogP contribution in [0.15, 0.2) is 18.2 Å². The van der Waals surface area contributed by atoms with E-state index in [2.05, 4.69) is 9.97 Å². The van der Waals surface area contributed by atoms with Crippen molar-refractivity contribution >= 4 is 27.5 Å². The van der Waals surface area contributed by atoms with Gasteiger partial charge in [0.05, 0.1) is 23.4 Å². The number of hydrogen-bond acceptors (Lipinski definition) is 4. The molecule has 1 aromatic carbocycles. The molecule has 0 aliphatic heterocycles. The summed E-state index contributed by atoms with van der Waals surface area (Å²) in [5.41, 5.74) is 8.09. The van der Waals surface area contributed by atoms with Gasteiger partial charge in [-0.3, -0.25) is 4.21 Å². The molecule has 0 saturated heterocycles. The standard InChI is InChI=1S/C11H15N3O2S/c1-16-4-5-17(15)7-11-13-9-3-2-8(12)6-10(9)14-11/h2-3,6H,4-5,7,12H2,1H3,(H,13,14). The number of nitrogen functional groups attached to an aromatic ring is 1. The van der Waals surface area contributed by atoms with Crippen molar-refractivity contribution in [2.45, 2.75) is 5.75 Å². The Bertz CT molecular complexity index is 538. The summed E-state index contributed by atoms with van der Waals surface area (Å²) in [6.45, 7) is 0.500. The monoisotopic (exact) mass is 253 g/mol. The number of anilines is 1. The van der Waals surface area contributed by atoms with E-state index in [-0.39, 0.29) is 0 Å². The summed E-state index contributed by atoms with van der Waals surface area (Å²) in [4.78, 5) is 7.48. The minimum Gasteiger partial charge on any atom is -0.399 e. The summed E-state index contributed by atoms with van der Waals surface area (Å²) in [5, 5.41) is 0. The average molecular weight is 253 g/mol. The molecule has 2 rings (SSSR count). The molecule has 1 heterocycles. The molecule has 0 radical (unpaired) electrons. The van der Waals surface area contributed by atoms with E-state index < -0.39 is 10.8 Å². The quantitative estimate of drug-likeness (QED) is 0.780. The number of fused-ring (bicyclic) bond motifs is 1. The highest BCUT2D eigenvalue weighted by Gasteiger charge is 2.07. The molecule has 1 unspecified atom stereocenters. The summed E-state index contributed by atoms with van der Waals surface area (Å²) < 4.78 is 16.5. The highest BCUT2D eigenvalue weighted by Crippen LogP contribution is 2.15. The van der Waals surface area contributed by atoms with Gasteiger partial charge >= 0.3 is 0 Å². The van der Waals surface area contributed by atoms with Gasteiger partial charge in [-0.2, -0.15) is 0 Å². The number of nitrogens with one attached hydrogen (secondary N) is 1. The topological polar surface area (TPSA) is 81.0 Å². The van der Waals surface area contributed by atoms with Crippen LogP contribution in [0.2, 0.25) is 0 Å². The van der Waals surface area contributed by atoms with Gasteiger partial charge in [0, 0.05) is 29.3 Å². The zero-order chi connectivity index (χ0) is 12.3. The normalized spacial score (nSPS) is 13.0. The van der Waals surface area contributed by atoms with Crippen LogP contribution in [0.4, 0.5) is 5.69 Å². The molecule has 0 bridgehead atoms. The molecule has 0 spiro atoms. The summed E-state index contributed by atoms with van der Waals surface area (Å²) in [7, 11) is 0.645. The molecule has 0 fully saturated rings. The smallest absolute Gasteiger partial charge is 0.119 e. The summed E-state index contributed by atoms with van der Waals surface area (Å²) in [6, 6.07) is 5.47. The molecule has 0 aliphatic carbocycles. The van der Waals surface area contributed by atoms with Gasteiger partial charge in [-0.25, -0.2) is 4.98 Å². The first-order valence-electron chi connectivity index (χ1n) is 5.27. The molecule has 0 saturated carbocycles. The van der Waals surface area contributed by atoms with Crippen molar-refractivity contribution in [3.63, 3.8) is 0 Å². The van der Waals surface area contributed by atoms with Crippen molar-refractivity contribution in [3.05, 3.63) is 24.0 Å². The lowest BCUT2D eigenvalue weighted by Crippen LogP contribution is -2.07. The lowest BCUT2D eigenvalue weighted by atomic mass is 10.3. The van der Waals surface area contributed by atoms with Gasteiger partial charge in [0.15, 0.2) is 0 Å². The molecule has 92 valence electrons. The second kappa shape index (κ2) is 5.29. The Morgan fingerprint density at radius 1 is 1.53 bits per heavy atom. The summed E-state index contributed by atoms with van der Waals surface area (Å²) in [6.07, 6.45) is 0. The Kier molecular flexibility index (Phi) is 3.75. The third-order valence-corrected chi connectivity index (χ3v) is 3.59. The Labute approximate surface area is 102 Å². The largest absolute Gasteiger partial charge is 0.399 e. The highest BCUT2D eigenvalue weighted by atomic mass is 32.2. The zero-order valence-electron chi connectivity index (χ0n) is 9.60. The second-order valence-electron chi connectivity index (χ2n) is 3.74. The number of nitrogens with zero attached hydrogens (tertiary/aromatic N) is 1. The minimum absolute atomic E-state index is 0.415. The fourth-order valence-corrected chi connectivity index (χ4v) is 2.49. The van der Waals surface area contributed by atoms with Gasteiger partial charge < -0.3 is 15.5 Å². The highest BCUT2D eigenvalue weighted by molar-refractivity contribution is 7.84. The van der Waals surface area contributed by atoms with Crippen LogP contribution in [0.25, 0.3) is 11.0 Å². The lowest BCUT2D eigenvalue weighted by Gasteiger charge is -1.98. The Hall–Kier alpha value is -1.40. The van der Waals surface area contributed by atoms with Crippen LogP contribution in [-0.2, 0) is 21.3 Å². The fraction of sp³-hybridized carbons (Fsp3) is 0.364. The average Bonchev–Trinajstić information content (AvgIpc) is 2.67. The molecule has 0 amide bonds. The van der Waals surface area contributed by atoms with E-state index in [0.717, 1.165) is 16.9 Å². The maximum Gasteiger partial charge on any atom is 0.119 e. The number of methoxy groups -OCH3 is 1. The van der Waals surface area contributed by atoms with E-state index >= 15 is 0 Å². The molecular weight excluding hydrogens is 238 g/mol. The third kappa shape index (κ3) is 3.04. The predicted octanol–water partition coefficient (Wildman–Crippen LogP) is 1.04. The molecule has 3 N–H and O–H groups in total. The second-order valence-corrected chi connectivity index (χ2v) is 5.32. The van der Waals surface area contributed by atoms with E-state index in [9.17, 15) is 4.21 Å². The van der Waals surface area contributed by atoms with E-state index in [4.69, 9.17) is 10.5 Å². The SMILES string of the molecule is COCCS(=O)Cc1nc2ccc(N)cc2[nH]1. The molecule has 1 aromatic heterocycles. The van der Waals surface area contributed by atoms with Crippen molar-refractivity contribution in [3.8, 4) is 0 Å². The van der Waals surface area contributed by atoms with Gasteiger partial charge in [-0.1, -0.05) is 0 Å². The van der Waals surface area contributed by atoms with Gasteiger partial charge in [-0.05, 0) is 18.2 Å². The maximum atomic E-state index is 11.7. The summed E-state index contributed by atoms with van der Waals surface area (Å²) in [5.74, 6) is 1.66. The van der Waals surface area contributed by atoms with E-state index in [1.807, 2.05) is 12.1 Å². The molecule has 6 heteroatoms. The van der Waals surface area contributed by atoms with Crippen LogP contribution >= 0.6 is 0 Å². The van der Waals surface area contributed by atoms with Crippen LogP contribution < -0.4 is 5.73 Å². The van der Waals surface area contributed by atoms with Crippen molar-refractivity contribution in [2.75, 3.05) is 25.2 Å². The Morgan fingerprint density at radius 3 is 3.12 bits per heavy atom. The zero-order valence-corrected chi connectivity index (χ0v) is 10.4. The van der Waals surface area contributed by atoms with Crippen LogP contribution in [0.1, 0.15) is 5.82 Å². The molecule has 17 heavy (non-hydrogen) atoms. The van der Waals surface area contributed by atoms with Gasteiger partial charge in [-0.15, -0.1) is 0 Å². The van der Waals surface area contributed by atoms with Crippen LogP contribution in [-0.4, -0.2) is 33.6 Å². The number of H-pyrrole nitrogens is 1. The molecule has 2 aromatic rings. The first kappa shape index (κ1) is 12.1. The summed E-state index contributed by atoms with van der Waals surface area (Å²) >= 11 is 0. The fourth-order valence-electron chi connectivity index (χ4n) is 1.55. The van der Waals surface area contributed by atoms with Crippen molar-refractivity contribution < 1.29 is 8.95 Å². The van der Waals surface area contributed by atoms with Crippen LogP contribution in [0.3, 0.4) is 0 Å².